The van der Waals surface area contributed by atoms with E-state index in [1.807, 2.05) is 37.3 Å². The number of hydrogen-bond donors (Lipinski definition) is 2. The second-order valence-electron chi connectivity index (χ2n) is 3.72. The zero-order valence-electron chi connectivity index (χ0n) is 10.4. The molecule has 0 unspecified atom stereocenters. The maximum absolute atomic E-state index is 5.12. The summed E-state index contributed by atoms with van der Waals surface area (Å²) in [7, 11) is 0. The quantitative estimate of drug-likeness (QED) is 0.509. The molecule has 0 atom stereocenters. The number of rotatable bonds is 3. The lowest BCUT2D eigenvalue weighted by Gasteiger charge is -2.06. The lowest BCUT2D eigenvalue weighted by molar-refractivity contribution is 1.03. The van der Waals surface area contributed by atoms with Crippen LogP contribution in [0.1, 0.15) is 12.5 Å². The third-order valence-corrected chi connectivity index (χ3v) is 2.50. The van der Waals surface area contributed by atoms with Crippen LogP contribution in [0, 0.1) is 0 Å². The normalized spacial score (nSPS) is 10.9. The summed E-state index contributed by atoms with van der Waals surface area (Å²) < 4.78 is 0. The highest BCUT2D eigenvalue weighted by Crippen LogP contribution is 2.00. The molecular weight excluding hydrogens is 258 g/mol. The molecule has 19 heavy (non-hydrogen) atoms. The topological polar surface area (TPSA) is 62.2 Å². The predicted molar refractivity (Wildman–Crippen MR) is 80.0 cm³/mol. The number of pyridine rings is 2. The van der Waals surface area contributed by atoms with Gasteiger partial charge in [-0.05, 0) is 37.3 Å². The third-order valence-electron chi connectivity index (χ3n) is 2.31. The van der Waals surface area contributed by atoms with Gasteiger partial charge in [0.1, 0.15) is 5.82 Å². The molecule has 0 amide bonds. The molecule has 2 heterocycles. The first-order valence-corrected chi connectivity index (χ1v) is 6.09. The van der Waals surface area contributed by atoms with Crippen LogP contribution in [0.4, 0.5) is 5.82 Å². The standard InChI is InChI=1S/C13H13N5S/c1-10(11-5-4-7-14-9-11)17-18-13(19)16-12-6-2-3-8-15-12/h2-9H,1H3,(H2,15,16,18,19)/b17-10+. The first kappa shape index (κ1) is 13.1. The summed E-state index contributed by atoms with van der Waals surface area (Å²) in [6.45, 7) is 1.88. The van der Waals surface area contributed by atoms with Gasteiger partial charge in [0, 0.05) is 24.2 Å². The molecule has 0 saturated heterocycles. The van der Waals surface area contributed by atoms with Crippen LogP contribution in [0.25, 0.3) is 0 Å². The molecule has 0 spiro atoms. The minimum atomic E-state index is 0.391. The molecule has 0 aromatic carbocycles. The summed E-state index contributed by atoms with van der Waals surface area (Å²) in [6.07, 6.45) is 5.16. The Bertz CT molecular complexity index is 568. The molecule has 2 aromatic rings. The predicted octanol–water partition coefficient (Wildman–Crippen LogP) is 2.19. The van der Waals surface area contributed by atoms with Crippen molar-refractivity contribution in [3.8, 4) is 0 Å². The van der Waals surface area contributed by atoms with Crippen molar-refractivity contribution in [2.24, 2.45) is 5.10 Å². The highest BCUT2D eigenvalue weighted by atomic mass is 32.1. The van der Waals surface area contributed by atoms with E-state index in [0.717, 1.165) is 11.3 Å². The van der Waals surface area contributed by atoms with Crippen LogP contribution in [0.2, 0.25) is 0 Å². The van der Waals surface area contributed by atoms with Crippen molar-refractivity contribution in [2.45, 2.75) is 6.92 Å². The van der Waals surface area contributed by atoms with Gasteiger partial charge in [-0.25, -0.2) is 4.98 Å². The molecule has 0 bridgehead atoms. The minimum Gasteiger partial charge on any atom is -0.316 e. The molecule has 0 aliphatic carbocycles. The van der Waals surface area contributed by atoms with Gasteiger partial charge in [-0.2, -0.15) is 5.10 Å². The van der Waals surface area contributed by atoms with Crippen LogP contribution in [-0.4, -0.2) is 20.8 Å². The molecule has 96 valence electrons. The molecule has 0 fully saturated rings. The average Bonchev–Trinajstić information content (AvgIpc) is 2.47. The minimum absolute atomic E-state index is 0.391. The first-order chi connectivity index (χ1) is 9.25. The van der Waals surface area contributed by atoms with E-state index < -0.39 is 0 Å². The van der Waals surface area contributed by atoms with E-state index in [2.05, 4.69) is 25.8 Å². The highest BCUT2D eigenvalue weighted by Gasteiger charge is 1.98. The maximum atomic E-state index is 5.12. The smallest absolute Gasteiger partial charge is 0.192 e. The Labute approximate surface area is 116 Å². The van der Waals surface area contributed by atoms with Crippen molar-refractivity contribution < 1.29 is 0 Å². The number of hydrogen-bond acceptors (Lipinski definition) is 4. The average molecular weight is 271 g/mol. The molecule has 2 N–H and O–H groups in total. The molecule has 0 radical (unpaired) electrons. The molecule has 5 nitrogen and oxygen atoms in total. The van der Waals surface area contributed by atoms with Crippen LogP contribution < -0.4 is 10.7 Å². The van der Waals surface area contributed by atoms with Crippen molar-refractivity contribution in [3.05, 3.63) is 54.5 Å². The van der Waals surface area contributed by atoms with Crippen molar-refractivity contribution in [1.29, 1.82) is 0 Å². The van der Waals surface area contributed by atoms with E-state index in [9.17, 15) is 0 Å². The Morgan fingerprint density at radius 3 is 2.79 bits per heavy atom. The van der Waals surface area contributed by atoms with E-state index in [-0.39, 0.29) is 0 Å². The second-order valence-corrected chi connectivity index (χ2v) is 4.13. The summed E-state index contributed by atoms with van der Waals surface area (Å²) in [4.78, 5) is 8.14. The Balaban J connectivity index is 1.93. The number of anilines is 1. The van der Waals surface area contributed by atoms with Crippen LogP contribution in [0.5, 0.6) is 0 Å². The fraction of sp³-hybridized carbons (Fsp3) is 0.0769. The van der Waals surface area contributed by atoms with Crippen LogP contribution in [0.3, 0.4) is 0 Å². The maximum Gasteiger partial charge on any atom is 0.192 e. The zero-order chi connectivity index (χ0) is 13.5. The van der Waals surface area contributed by atoms with Crippen molar-refractivity contribution in [1.82, 2.24) is 15.4 Å². The molecule has 0 aliphatic rings. The number of hydrazone groups is 1. The largest absolute Gasteiger partial charge is 0.316 e. The molecule has 0 saturated carbocycles. The highest BCUT2D eigenvalue weighted by molar-refractivity contribution is 7.80. The molecule has 0 aliphatic heterocycles. The molecule has 2 aromatic heterocycles. The Kier molecular flexibility index (Phi) is 4.52. The summed E-state index contributed by atoms with van der Waals surface area (Å²) in [5.74, 6) is 0.675. The first-order valence-electron chi connectivity index (χ1n) is 5.68. The fourth-order valence-electron chi connectivity index (χ4n) is 1.36. The number of nitrogens with zero attached hydrogens (tertiary/aromatic N) is 3. The Morgan fingerprint density at radius 2 is 2.11 bits per heavy atom. The Morgan fingerprint density at radius 1 is 1.21 bits per heavy atom. The summed E-state index contributed by atoms with van der Waals surface area (Å²) >= 11 is 5.12. The van der Waals surface area contributed by atoms with Gasteiger partial charge >= 0.3 is 0 Å². The molecule has 6 heteroatoms. The van der Waals surface area contributed by atoms with Gasteiger partial charge in [-0.15, -0.1) is 0 Å². The van der Waals surface area contributed by atoms with E-state index in [4.69, 9.17) is 12.2 Å². The number of nitrogens with one attached hydrogen (secondary N) is 2. The van der Waals surface area contributed by atoms with Gasteiger partial charge < -0.3 is 5.32 Å². The van der Waals surface area contributed by atoms with Gasteiger partial charge in [-0.1, -0.05) is 12.1 Å². The van der Waals surface area contributed by atoms with Gasteiger partial charge in [-0.3, -0.25) is 10.4 Å². The van der Waals surface area contributed by atoms with Crippen molar-refractivity contribution in [3.63, 3.8) is 0 Å². The Hall–Kier alpha value is -2.34. The molecule has 2 rings (SSSR count). The van der Waals surface area contributed by atoms with Gasteiger partial charge in [0.25, 0.3) is 0 Å². The van der Waals surface area contributed by atoms with Gasteiger partial charge in [0.15, 0.2) is 5.11 Å². The third kappa shape index (κ3) is 4.11. The SMILES string of the molecule is C/C(=N\NC(=S)Nc1ccccn1)c1cccnc1. The second kappa shape index (κ2) is 6.55. The summed E-state index contributed by atoms with van der Waals surface area (Å²) in [5, 5.41) is 7.51. The number of aromatic nitrogens is 2. The van der Waals surface area contributed by atoms with E-state index in [1.54, 1.807) is 18.6 Å². The van der Waals surface area contributed by atoms with E-state index in [1.165, 1.54) is 0 Å². The van der Waals surface area contributed by atoms with Crippen LogP contribution >= 0.6 is 12.2 Å². The van der Waals surface area contributed by atoms with Gasteiger partial charge in [0.05, 0.1) is 5.71 Å². The zero-order valence-corrected chi connectivity index (χ0v) is 11.2. The van der Waals surface area contributed by atoms with E-state index >= 15 is 0 Å². The number of thiocarbonyl (C=S) groups is 1. The monoisotopic (exact) mass is 271 g/mol. The van der Waals surface area contributed by atoms with Crippen LogP contribution in [-0.2, 0) is 0 Å². The lowest BCUT2D eigenvalue weighted by atomic mass is 10.2. The molecular formula is C13H13N5S. The fourth-order valence-corrected chi connectivity index (χ4v) is 1.51. The van der Waals surface area contributed by atoms with Crippen molar-refractivity contribution in [2.75, 3.05) is 5.32 Å². The van der Waals surface area contributed by atoms with Crippen molar-refractivity contribution >= 4 is 28.9 Å². The lowest BCUT2D eigenvalue weighted by Crippen LogP contribution is -2.25. The van der Waals surface area contributed by atoms with E-state index in [0.29, 0.717) is 10.9 Å². The van der Waals surface area contributed by atoms with Gasteiger partial charge in [0.2, 0.25) is 0 Å². The summed E-state index contributed by atoms with van der Waals surface area (Å²) in [6, 6.07) is 9.34. The summed E-state index contributed by atoms with van der Waals surface area (Å²) in [5.41, 5.74) is 4.51. The van der Waals surface area contributed by atoms with Crippen LogP contribution in [0.15, 0.2) is 54.0 Å².